The maximum absolute atomic E-state index is 12.1. The number of amides is 2. The van der Waals surface area contributed by atoms with Crippen LogP contribution in [0.3, 0.4) is 0 Å². The highest BCUT2D eigenvalue weighted by molar-refractivity contribution is 6.30. The van der Waals surface area contributed by atoms with E-state index >= 15 is 0 Å². The molecule has 0 radical (unpaired) electrons. The number of allylic oxidation sites excluding steroid dienone is 1. The molecule has 0 saturated carbocycles. The molecule has 1 atom stereocenters. The smallest absolute Gasteiger partial charge is 0.229 e. The summed E-state index contributed by atoms with van der Waals surface area (Å²) < 4.78 is 0. The fourth-order valence-corrected chi connectivity index (χ4v) is 3.27. The third kappa shape index (κ3) is 3.50. The largest absolute Gasteiger partial charge is 0.351 e. The molecule has 5 heteroatoms. The third-order valence-electron chi connectivity index (χ3n) is 4.13. The number of anilines is 1. The van der Waals surface area contributed by atoms with Crippen molar-refractivity contribution in [3.8, 4) is 0 Å². The number of benzene rings is 1. The van der Waals surface area contributed by atoms with E-state index in [1.54, 1.807) is 17.0 Å². The van der Waals surface area contributed by atoms with Crippen molar-refractivity contribution in [1.82, 2.24) is 5.32 Å². The zero-order chi connectivity index (χ0) is 15.5. The van der Waals surface area contributed by atoms with Gasteiger partial charge in [-0.1, -0.05) is 29.3 Å². The lowest BCUT2D eigenvalue weighted by Crippen LogP contribution is -2.37. The molecular formula is C17H19ClN2O2. The number of carbonyl (C=O) groups excluding carboxylic acids is 2. The molecule has 0 spiro atoms. The van der Waals surface area contributed by atoms with E-state index in [2.05, 4.69) is 11.4 Å². The number of nitrogens with one attached hydrogen (secondary N) is 1. The van der Waals surface area contributed by atoms with Crippen molar-refractivity contribution in [1.29, 1.82) is 0 Å². The predicted octanol–water partition coefficient (Wildman–Crippen LogP) is 3.06. The normalized spacial score (nSPS) is 21.1. The van der Waals surface area contributed by atoms with E-state index < -0.39 is 0 Å². The molecule has 1 fully saturated rings. The molecule has 1 heterocycles. The number of hydrogen-bond acceptors (Lipinski definition) is 2. The van der Waals surface area contributed by atoms with Crippen LogP contribution >= 0.6 is 11.6 Å². The highest BCUT2D eigenvalue weighted by Gasteiger charge is 2.31. The molecule has 0 bridgehead atoms. The van der Waals surface area contributed by atoms with Crippen molar-refractivity contribution in [2.75, 3.05) is 11.4 Å². The van der Waals surface area contributed by atoms with Crippen LogP contribution in [0.1, 0.15) is 32.1 Å². The quantitative estimate of drug-likeness (QED) is 0.867. The van der Waals surface area contributed by atoms with Crippen LogP contribution in [-0.4, -0.2) is 24.4 Å². The minimum absolute atomic E-state index is 0.0129. The van der Waals surface area contributed by atoms with Gasteiger partial charge in [0.1, 0.15) is 0 Å². The Labute approximate surface area is 135 Å². The van der Waals surface area contributed by atoms with Gasteiger partial charge in [0.25, 0.3) is 0 Å². The Balaban J connectivity index is 1.58. The molecule has 1 aliphatic carbocycles. The van der Waals surface area contributed by atoms with Gasteiger partial charge < -0.3 is 10.2 Å². The number of rotatable bonds is 4. The van der Waals surface area contributed by atoms with E-state index in [1.807, 2.05) is 12.1 Å². The Morgan fingerprint density at radius 1 is 1.41 bits per heavy atom. The summed E-state index contributed by atoms with van der Waals surface area (Å²) in [5.74, 6) is 0.0338. The maximum Gasteiger partial charge on any atom is 0.229 e. The van der Waals surface area contributed by atoms with Gasteiger partial charge in [-0.25, -0.2) is 0 Å². The minimum Gasteiger partial charge on any atom is -0.351 e. The lowest BCUT2D eigenvalue weighted by Gasteiger charge is -2.17. The van der Waals surface area contributed by atoms with E-state index in [1.165, 1.54) is 5.57 Å². The lowest BCUT2D eigenvalue weighted by atomic mass is 10.1. The van der Waals surface area contributed by atoms with Crippen molar-refractivity contribution < 1.29 is 9.59 Å². The van der Waals surface area contributed by atoms with Crippen LogP contribution in [0, 0.1) is 0 Å². The number of nitrogens with zero attached hydrogens (tertiary/aromatic N) is 1. The molecule has 1 saturated heterocycles. The van der Waals surface area contributed by atoms with Crippen LogP contribution in [0.25, 0.3) is 0 Å². The third-order valence-corrected chi connectivity index (χ3v) is 4.37. The molecule has 4 nitrogen and oxygen atoms in total. The predicted molar refractivity (Wildman–Crippen MR) is 86.9 cm³/mol. The van der Waals surface area contributed by atoms with Crippen LogP contribution < -0.4 is 10.2 Å². The number of halogens is 1. The standard InChI is InChI=1S/C17H19ClN2O2/c18-13-6-3-7-15(9-13)20-11-14(10-17(20)22)19-16(21)8-12-4-1-2-5-12/h3-4,6-7,9,14H,1-2,5,8,10-11H2,(H,19,21). The van der Waals surface area contributed by atoms with Gasteiger partial charge in [0.2, 0.25) is 11.8 Å². The maximum atomic E-state index is 12.1. The second-order valence-corrected chi connectivity index (χ2v) is 6.32. The van der Waals surface area contributed by atoms with Gasteiger partial charge in [0.05, 0.1) is 6.04 Å². The first-order valence-electron chi connectivity index (χ1n) is 7.65. The van der Waals surface area contributed by atoms with E-state index in [0.717, 1.165) is 24.9 Å². The first-order valence-corrected chi connectivity index (χ1v) is 8.03. The van der Waals surface area contributed by atoms with Crippen molar-refractivity contribution in [2.45, 2.75) is 38.1 Å². The molecule has 1 aromatic rings. The molecule has 116 valence electrons. The Kier molecular flexibility index (Phi) is 4.48. The summed E-state index contributed by atoms with van der Waals surface area (Å²) in [5, 5.41) is 3.58. The SMILES string of the molecule is O=C(CC1=CCCC1)NC1CC(=O)N(c2cccc(Cl)c2)C1. The van der Waals surface area contributed by atoms with Crippen LogP contribution in [0.4, 0.5) is 5.69 Å². The van der Waals surface area contributed by atoms with Crippen molar-refractivity contribution in [2.24, 2.45) is 0 Å². The first kappa shape index (κ1) is 15.1. The van der Waals surface area contributed by atoms with Crippen molar-refractivity contribution >= 4 is 29.1 Å². The molecule has 1 aromatic carbocycles. The highest BCUT2D eigenvalue weighted by atomic mass is 35.5. The molecule has 1 unspecified atom stereocenters. The van der Waals surface area contributed by atoms with Gasteiger partial charge >= 0.3 is 0 Å². The molecule has 0 aromatic heterocycles. The summed E-state index contributed by atoms with van der Waals surface area (Å²) in [7, 11) is 0. The van der Waals surface area contributed by atoms with Crippen molar-refractivity contribution in [3.63, 3.8) is 0 Å². The molecule has 1 aliphatic heterocycles. The Morgan fingerprint density at radius 2 is 2.27 bits per heavy atom. The highest BCUT2D eigenvalue weighted by Crippen LogP contribution is 2.25. The Hall–Kier alpha value is -1.81. The molecule has 22 heavy (non-hydrogen) atoms. The van der Waals surface area contributed by atoms with Crippen LogP contribution in [0.15, 0.2) is 35.9 Å². The monoisotopic (exact) mass is 318 g/mol. The van der Waals surface area contributed by atoms with Gasteiger partial charge in [0.15, 0.2) is 0 Å². The van der Waals surface area contributed by atoms with E-state index in [4.69, 9.17) is 11.6 Å². The second-order valence-electron chi connectivity index (χ2n) is 5.88. The zero-order valence-electron chi connectivity index (χ0n) is 12.3. The molecule has 2 aliphatic rings. The van der Waals surface area contributed by atoms with Crippen LogP contribution in [-0.2, 0) is 9.59 Å². The number of carbonyl (C=O) groups is 2. The topological polar surface area (TPSA) is 49.4 Å². The summed E-state index contributed by atoms with van der Waals surface area (Å²) in [6.07, 6.45) is 6.20. The van der Waals surface area contributed by atoms with E-state index in [-0.39, 0.29) is 17.9 Å². The fraction of sp³-hybridized carbons (Fsp3) is 0.412. The van der Waals surface area contributed by atoms with Gasteiger partial charge in [-0.05, 0) is 37.5 Å². The lowest BCUT2D eigenvalue weighted by molar-refractivity contribution is -0.121. The molecule has 2 amide bonds. The molecule has 1 N–H and O–H groups in total. The first-order chi connectivity index (χ1) is 10.6. The summed E-state index contributed by atoms with van der Waals surface area (Å²) in [4.78, 5) is 25.9. The van der Waals surface area contributed by atoms with E-state index in [0.29, 0.717) is 24.4 Å². The summed E-state index contributed by atoms with van der Waals surface area (Å²) >= 11 is 5.97. The van der Waals surface area contributed by atoms with Gasteiger partial charge in [-0.15, -0.1) is 0 Å². The van der Waals surface area contributed by atoms with Gasteiger partial charge in [0, 0.05) is 30.1 Å². The zero-order valence-corrected chi connectivity index (χ0v) is 13.1. The molecular weight excluding hydrogens is 300 g/mol. The van der Waals surface area contributed by atoms with Gasteiger partial charge in [-0.3, -0.25) is 9.59 Å². The van der Waals surface area contributed by atoms with Crippen molar-refractivity contribution in [3.05, 3.63) is 40.9 Å². The summed E-state index contributed by atoms with van der Waals surface area (Å²) in [5.41, 5.74) is 2.00. The minimum atomic E-state index is -0.124. The average molecular weight is 319 g/mol. The number of hydrogen-bond donors (Lipinski definition) is 1. The average Bonchev–Trinajstić information content (AvgIpc) is 3.08. The van der Waals surface area contributed by atoms with Crippen LogP contribution in [0.5, 0.6) is 0 Å². The Bertz CT molecular complexity index is 627. The summed E-state index contributed by atoms with van der Waals surface area (Å²) in [6, 6.07) is 7.11. The molecule has 3 rings (SSSR count). The van der Waals surface area contributed by atoms with Crippen LogP contribution in [0.2, 0.25) is 5.02 Å². The summed E-state index contributed by atoms with van der Waals surface area (Å²) in [6.45, 7) is 0.504. The van der Waals surface area contributed by atoms with E-state index in [9.17, 15) is 9.59 Å². The fourth-order valence-electron chi connectivity index (χ4n) is 3.08. The van der Waals surface area contributed by atoms with Gasteiger partial charge in [-0.2, -0.15) is 0 Å². The second kappa shape index (κ2) is 6.53. The Morgan fingerprint density at radius 3 is 3.00 bits per heavy atom.